The van der Waals surface area contributed by atoms with Crippen LogP contribution in [-0.2, 0) is 0 Å². The topological polar surface area (TPSA) is 39.1 Å². The van der Waals surface area contributed by atoms with Gasteiger partial charge in [0, 0.05) is 12.1 Å². The third-order valence-corrected chi connectivity index (χ3v) is 4.18. The van der Waals surface area contributed by atoms with Crippen LogP contribution in [0.2, 0.25) is 0 Å². The van der Waals surface area contributed by atoms with Gasteiger partial charge in [-0.15, -0.1) is 0 Å². The van der Waals surface area contributed by atoms with Crippen molar-refractivity contribution in [3.8, 4) is 6.07 Å². The molecule has 0 bridgehead atoms. The largest absolute Gasteiger partial charge is 0.300 e. The minimum absolute atomic E-state index is 0.379. The lowest BCUT2D eigenvalue weighted by Crippen LogP contribution is -2.48. The van der Waals surface area contributed by atoms with Gasteiger partial charge in [0.1, 0.15) is 5.54 Å². The van der Waals surface area contributed by atoms with Crippen LogP contribution in [0.5, 0.6) is 0 Å². The van der Waals surface area contributed by atoms with E-state index in [9.17, 15) is 5.26 Å². The van der Waals surface area contributed by atoms with Gasteiger partial charge in [-0.1, -0.05) is 13.8 Å². The van der Waals surface area contributed by atoms with Crippen molar-refractivity contribution in [2.75, 3.05) is 13.1 Å². The molecule has 1 rings (SSSR count). The van der Waals surface area contributed by atoms with Crippen molar-refractivity contribution in [2.24, 2.45) is 0 Å². The molecule has 3 heteroatoms. The molecule has 3 atom stereocenters. The Bertz CT molecular complexity index is 284. The van der Waals surface area contributed by atoms with Crippen LogP contribution >= 0.6 is 0 Å². The summed E-state index contributed by atoms with van der Waals surface area (Å²) in [5.41, 5.74) is -0.379. The highest BCUT2D eigenvalue weighted by Crippen LogP contribution is 2.26. The zero-order valence-electron chi connectivity index (χ0n) is 12.5. The summed E-state index contributed by atoms with van der Waals surface area (Å²) in [4.78, 5) is 2.60. The Morgan fingerprint density at radius 2 is 2.22 bits per heavy atom. The van der Waals surface area contributed by atoms with E-state index < -0.39 is 0 Å². The summed E-state index contributed by atoms with van der Waals surface area (Å²) in [6.07, 6.45) is 5.87. The fourth-order valence-electron chi connectivity index (χ4n) is 3.14. The van der Waals surface area contributed by atoms with Crippen LogP contribution in [0.4, 0.5) is 0 Å². The Hall–Kier alpha value is -0.590. The summed E-state index contributed by atoms with van der Waals surface area (Å²) < 4.78 is 0. The second-order valence-corrected chi connectivity index (χ2v) is 5.87. The third kappa shape index (κ3) is 3.96. The van der Waals surface area contributed by atoms with Crippen molar-refractivity contribution in [3.05, 3.63) is 0 Å². The zero-order valence-corrected chi connectivity index (χ0v) is 12.5. The predicted molar refractivity (Wildman–Crippen MR) is 76.4 cm³/mol. The first kappa shape index (κ1) is 15.5. The number of nitriles is 1. The summed E-state index contributed by atoms with van der Waals surface area (Å²) in [5, 5.41) is 12.8. The molecule has 1 aliphatic heterocycles. The molecule has 1 aliphatic rings. The van der Waals surface area contributed by atoms with Crippen LogP contribution in [0.25, 0.3) is 0 Å². The van der Waals surface area contributed by atoms with Gasteiger partial charge in [0.15, 0.2) is 0 Å². The number of rotatable bonds is 7. The van der Waals surface area contributed by atoms with E-state index in [2.05, 4.69) is 37.1 Å². The maximum absolute atomic E-state index is 9.40. The monoisotopic (exact) mass is 251 g/mol. The maximum Gasteiger partial charge on any atom is 0.105 e. The van der Waals surface area contributed by atoms with E-state index in [1.807, 2.05) is 6.92 Å². The molecule has 3 unspecified atom stereocenters. The highest BCUT2D eigenvalue weighted by molar-refractivity contribution is 5.06. The second kappa shape index (κ2) is 7.11. The lowest BCUT2D eigenvalue weighted by molar-refractivity contribution is 0.158. The van der Waals surface area contributed by atoms with E-state index in [1.165, 1.54) is 25.8 Å². The molecule has 0 radical (unpaired) electrons. The summed E-state index contributed by atoms with van der Waals surface area (Å²) in [6, 6.07) is 3.69. The van der Waals surface area contributed by atoms with Crippen molar-refractivity contribution in [3.63, 3.8) is 0 Å². The van der Waals surface area contributed by atoms with Crippen LogP contribution in [0.3, 0.4) is 0 Å². The molecule has 1 N–H and O–H groups in total. The Morgan fingerprint density at radius 3 is 2.78 bits per heavy atom. The van der Waals surface area contributed by atoms with E-state index in [0.29, 0.717) is 6.04 Å². The van der Waals surface area contributed by atoms with Crippen molar-refractivity contribution in [2.45, 2.75) is 77.4 Å². The summed E-state index contributed by atoms with van der Waals surface area (Å²) in [7, 11) is 0. The summed E-state index contributed by atoms with van der Waals surface area (Å²) in [5.74, 6) is 0. The minimum atomic E-state index is -0.379. The predicted octanol–water partition coefficient (Wildman–Crippen LogP) is 2.92. The van der Waals surface area contributed by atoms with Gasteiger partial charge in [-0.3, -0.25) is 10.2 Å². The van der Waals surface area contributed by atoms with Gasteiger partial charge >= 0.3 is 0 Å². The van der Waals surface area contributed by atoms with Crippen molar-refractivity contribution < 1.29 is 0 Å². The molecule has 0 saturated carbocycles. The number of hydrogen-bond acceptors (Lipinski definition) is 3. The normalized spacial score (nSPS) is 25.6. The van der Waals surface area contributed by atoms with Gasteiger partial charge in [0.25, 0.3) is 0 Å². The molecule has 18 heavy (non-hydrogen) atoms. The number of hydrogen-bond donors (Lipinski definition) is 1. The average molecular weight is 251 g/mol. The van der Waals surface area contributed by atoms with E-state index in [0.717, 1.165) is 25.4 Å². The number of nitrogens with one attached hydrogen (secondary N) is 1. The minimum Gasteiger partial charge on any atom is -0.300 e. The molecule has 0 aromatic carbocycles. The van der Waals surface area contributed by atoms with Gasteiger partial charge in [0.05, 0.1) is 6.07 Å². The quantitative estimate of drug-likeness (QED) is 0.756. The molecule has 104 valence electrons. The molecule has 1 saturated heterocycles. The Kier molecular flexibility index (Phi) is 6.11. The van der Waals surface area contributed by atoms with Crippen LogP contribution in [0.15, 0.2) is 0 Å². The standard InChI is InChI=1S/C15H29N3/c1-5-9-17-15(4,12-16)11-13(3)18-10-7-8-14(18)6-2/h13-14,17H,5-11H2,1-4H3. The molecule has 0 amide bonds. The molecular weight excluding hydrogens is 222 g/mol. The van der Waals surface area contributed by atoms with Crippen molar-refractivity contribution >= 4 is 0 Å². The Balaban J connectivity index is 2.56. The van der Waals surface area contributed by atoms with E-state index in [1.54, 1.807) is 0 Å². The number of likely N-dealkylation sites (tertiary alicyclic amines) is 1. The lowest BCUT2D eigenvalue weighted by Gasteiger charge is -2.35. The van der Waals surface area contributed by atoms with Crippen LogP contribution in [-0.4, -0.2) is 35.6 Å². The van der Waals surface area contributed by atoms with Crippen molar-refractivity contribution in [1.82, 2.24) is 10.2 Å². The first-order valence-electron chi connectivity index (χ1n) is 7.48. The lowest BCUT2D eigenvalue weighted by atomic mass is 9.93. The van der Waals surface area contributed by atoms with Crippen LogP contribution < -0.4 is 5.32 Å². The first-order valence-corrected chi connectivity index (χ1v) is 7.48. The highest BCUT2D eigenvalue weighted by Gasteiger charge is 2.32. The fraction of sp³-hybridized carbons (Fsp3) is 0.933. The van der Waals surface area contributed by atoms with E-state index >= 15 is 0 Å². The fourth-order valence-corrected chi connectivity index (χ4v) is 3.14. The molecule has 0 aliphatic carbocycles. The van der Waals surface area contributed by atoms with Gasteiger partial charge in [0.2, 0.25) is 0 Å². The number of nitrogens with zero attached hydrogens (tertiary/aromatic N) is 2. The Labute approximate surface area is 113 Å². The maximum atomic E-state index is 9.40. The SMILES string of the molecule is CCCNC(C)(C#N)CC(C)N1CCCC1CC. The average Bonchev–Trinajstić information content (AvgIpc) is 2.84. The van der Waals surface area contributed by atoms with E-state index in [-0.39, 0.29) is 5.54 Å². The van der Waals surface area contributed by atoms with E-state index in [4.69, 9.17) is 0 Å². The van der Waals surface area contributed by atoms with Gasteiger partial charge in [-0.25, -0.2) is 0 Å². The molecule has 0 spiro atoms. The van der Waals surface area contributed by atoms with Crippen molar-refractivity contribution in [1.29, 1.82) is 5.26 Å². The van der Waals surface area contributed by atoms with Gasteiger partial charge in [-0.2, -0.15) is 5.26 Å². The smallest absolute Gasteiger partial charge is 0.105 e. The first-order chi connectivity index (χ1) is 8.56. The summed E-state index contributed by atoms with van der Waals surface area (Å²) >= 11 is 0. The molecular formula is C15H29N3. The van der Waals surface area contributed by atoms with Crippen LogP contribution in [0.1, 0.15) is 59.8 Å². The molecule has 1 fully saturated rings. The second-order valence-electron chi connectivity index (χ2n) is 5.87. The highest BCUT2D eigenvalue weighted by atomic mass is 15.2. The Morgan fingerprint density at radius 1 is 1.50 bits per heavy atom. The zero-order chi connectivity index (χ0) is 13.6. The molecule has 0 aromatic rings. The van der Waals surface area contributed by atoms with Crippen LogP contribution in [0, 0.1) is 11.3 Å². The molecule has 0 aromatic heterocycles. The van der Waals surface area contributed by atoms with Gasteiger partial charge in [-0.05, 0) is 59.0 Å². The molecule has 3 nitrogen and oxygen atoms in total. The van der Waals surface area contributed by atoms with Gasteiger partial charge < -0.3 is 0 Å². The third-order valence-electron chi connectivity index (χ3n) is 4.18. The molecule has 1 heterocycles. The summed E-state index contributed by atoms with van der Waals surface area (Å²) in [6.45, 7) is 10.9.